The van der Waals surface area contributed by atoms with Gasteiger partial charge in [-0.1, -0.05) is 30.3 Å². The summed E-state index contributed by atoms with van der Waals surface area (Å²) in [5.74, 6) is 0. The molecule has 2 aromatic carbocycles. The molecule has 6 nitrogen and oxygen atoms in total. The second-order valence-corrected chi connectivity index (χ2v) is 8.71. The van der Waals surface area contributed by atoms with Gasteiger partial charge < -0.3 is 0 Å². The van der Waals surface area contributed by atoms with E-state index < -0.39 is 26.7 Å². The van der Waals surface area contributed by atoms with Crippen molar-refractivity contribution in [2.24, 2.45) is 0 Å². The molecule has 0 aliphatic carbocycles. The molecule has 1 heterocycles. The number of nitrogens with one attached hydrogen (secondary N) is 3. The number of alkyl halides is 3. The van der Waals surface area contributed by atoms with Gasteiger partial charge in [0.1, 0.15) is 0 Å². The predicted octanol–water partition coefficient (Wildman–Crippen LogP) is 3.56. The van der Waals surface area contributed by atoms with Gasteiger partial charge in [0.05, 0.1) is 16.2 Å². The molecule has 166 valence electrons. The zero-order valence-electron chi connectivity index (χ0n) is 16.8. The lowest BCUT2D eigenvalue weighted by Gasteiger charge is -2.18. The fourth-order valence-electron chi connectivity index (χ4n) is 2.87. The summed E-state index contributed by atoms with van der Waals surface area (Å²) in [6.45, 7) is 2.55. The lowest BCUT2D eigenvalue weighted by Crippen LogP contribution is -2.41. The van der Waals surface area contributed by atoms with E-state index in [-0.39, 0.29) is 6.54 Å². The van der Waals surface area contributed by atoms with Gasteiger partial charge >= 0.3 is 6.18 Å². The van der Waals surface area contributed by atoms with Crippen LogP contribution in [0.5, 0.6) is 0 Å². The third-order valence-corrected chi connectivity index (χ3v) is 6.01. The summed E-state index contributed by atoms with van der Waals surface area (Å²) in [5.41, 5.74) is 8.37. The lowest BCUT2D eigenvalue weighted by atomic mass is 10.1. The topological polar surface area (TPSA) is 73.5 Å². The van der Waals surface area contributed by atoms with E-state index in [0.717, 1.165) is 35.0 Å². The molecular formula is C21H23F3N4O2S. The fourth-order valence-corrected chi connectivity index (χ4v) is 3.99. The molecule has 0 fully saturated rings. The number of hydrogen-bond acceptors (Lipinski definition) is 5. The largest absolute Gasteiger partial charge is 0.416 e. The maximum Gasteiger partial charge on any atom is 0.416 e. The molecule has 0 atom stereocenters. The minimum atomic E-state index is -4.60. The molecule has 0 amide bonds. The Balaban J connectivity index is 1.44. The standard InChI is InChI=1S/C21H23F3N4O2S/c1-16-6-2-3-7-17(16)14-19-10-13-28(27-19)25-11-5-12-26-31(29,30)20-9-4-8-18(15-20)21(22,23)24/h2-4,6-10,13-15,25-27H,5,11-12H2,1H3. The monoisotopic (exact) mass is 452 g/mol. The summed E-state index contributed by atoms with van der Waals surface area (Å²) in [6, 6.07) is 11.7. The quantitative estimate of drug-likeness (QED) is 0.534. The molecule has 0 spiro atoms. The van der Waals surface area contributed by atoms with Crippen molar-refractivity contribution in [2.75, 3.05) is 13.1 Å². The first-order chi connectivity index (χ1) is 14.6. The maximum atomic E-state index is 12.8. The van der Waals surface area contributed by atoms with E-state index in [2.05, 4.69) is 15.6 Å². The average Bonchev–Trinajstić information content (AvgIpc) is 3.16. The second kappa shape index (κ2) is 9.54. The van der Waals surface area contributed by atoms with E-state index in [1.807, 2.05) is 43.3 Å². The van der Waals surface area contributed by atoms with E-state index in [4.69, 9.17) is 0 Å². The molecule has 0 unspecified atom stereocenters. The van der Waals surface area contributed by atoms with Crippen molar-refractivity contribution >= 4 is 16.1 Å². The Morgan fingerprint density at radius 2 is 1.87 bits per heavy atom. The normalized spacial score (nSPS) is 15.5. The third-order valence-electron chi connectivity index (χ3n) is 4.55. The average molecular weight is 453 g/mol. The molecule has 0 aromatic heterocycles. The zero-order chi connectivity index (χ0) is 22.5. The van der Waals surface area contributed by atoms with Crippen LogP contribution in [0.15, 0.2) is 71.4 Å². The number of sulfonamides is 1. The van der Waals surface area contributed by atoms with Crippen LogP contribution < -0.4 is 15.6 Å². The van der Waals surface area contributed by atoms with Crippen molar-refractivity contribution in [2.45, 2.75) is 24.4 Å². The van der Waals surface area contributed by atoms with Crippen LogP contribution in [-0.2, 0) is 16.2 Å². The van der Waals surface area contributed by atoms with Crippen molar-refractivity contribution in [1.82, 2.24) is 20.7 Å². The van der Waals surface area contributed by atoms with Crippen LogP contribution in [0.25, 0.3) is 6.08 Å². The molecule has 3 rings (SSSR count). The Kier molecular flexibility index (Phi) is 7.04. The van der Waals surface area contributed by atoms with Gasteiger partial charge in [-0.2, -0.15) is 13.2 Å². The van der Waals surface area contributed by atoms with E-state index in [9.17, 15) is 21.6 Å². The number of aryl methyl sites for hydroxylation is 1. The number of allylic oxidation sites excluding steroid dienone is 1. The van der Waals surface area contributed by atoms with Crippen molar-refractivity contribution in [3.05, 3.63) is 83.2 Å². The molecular weight excluding hydrogens is 429 g/mol. The van der Waals surface area contributed by atoms with Gasteiger partial charge in [0.15, 0.2) is 0 Å². The van der Waals surface area contributed by atoms with Gasteiger partial charge in [-0.05, 0) is 54.8 Å². The van der Waals surface area contributed by atoms with Crippen LogP contribution in [0.3, 0.4) is 0 Å². The summed E-state index contributed by atoms with van der Waals surface area (Å²) >= 11 is 0. The molecule has 0 saturated carbocycles. The van der Waals surface area contributed by atoms with Crippen LogP contribution in [0.1, 0.15) is 23.1 Å². The maximum absolute atomic E-state index is 12.8. The van der Waals surface area contributed by atoms with Gasteiger partial charge in [-0.15, -0.1) is 0 Å². The van der Waals surface area contributed by atoms with Crippen LogP contribution in [0.4, 0.5) is 13.2 Å². The Bertz CT molecular complexity index is 1080. The van der Waals surface area contributed by atoms with E-state index in [1.54, 1.807) is 11.3 Å². The van der Waals surface area contributed by atoms with Gasteiger partial charge in [0.25, 0.3) is 0 Å². The number of hydrazine groups is 2. The van der Waals surface area contributed by atoms with Crippen molar-refractivity contribution in [3.8, 4) is 0 Å². The molecule has 1 aliphatic rings. The Morgan fingerprint density at radius 3 is 2.61 bits per heavy atom. The SMILES string of the molecule is Cc1ccccc1C=C1C=CN(NCCCNS(=O)(=O)c2cccc(C(F)(F)F)c2)N1. The van der Waals surface area contributed by atoms with Crippen LogP contribution in [-0.4, -0.2) is 26.6 Å². The molecule has 31 heavy (non-hydrogen) atoms. The number of halogens is 3. The van der Waals surface area contributed by atoms with Crippen molar-refractivity contribution < 1.29 is 21.6 Å². The molecule has 3 N–H and O–H groups in total. The van der Waals surface area contributed by atoms with Gasteiger partial charge in [0, 0.05) is 19.3 Å². The van der Waals surface area contributed by atoms with Crippen LogP contribution in [0, 0.1) is 6.92 Å². The van der Waals surface area contributed by atoms with Crippen molar-refractivity contribution in [3.63, 3.8) is 0 Å². The van der Waals surface area contributed by atoms with Gasteiger partial charge in [-0.3, -0.25) is 5.43 Å². The zero-order valence-corrected chi connectivity index (χ0v) is 17.6. The molecule has 0 saturated heterocycles. The Hall–Kier alpha value is -2.82. The molecule has 2 aromatic rings. The Morgan fingerprint density at radius 1 is 1.10 bits per heavy atom. The highest BCUT2D eigenvalue weighted by atomic mass is 32.2. The summed E-state index contributed by atoms with van der Waals surface area (Å²) in [7, 11) is -4.02. The molecule has 10 heteroatoms. The fraction of sp³-hybridized carbons (Fsp3) is 0.238. The van der Waals surface area contributed by atoms with Gasteiger partial charge in [-0.25, -0.2) is 23.7 Å². The number of nitrogens with zero attached hydrogens (tertiary/aromatic N) is 1. The van der Waals surface area contributed by atoms with Crippen LogP contribution in [0.2, 0.25) is 0 Å². The first-order valence-electron chi connectivity index (χ1n) is 9.57. The van der Waals surface area contributed by atoms with E-state index >= 15 is 0 Å². The highest BCUT2D eigenvalue weighted by molar-refractivity contribution is 7.89. The minimum absolute atomic E-state index is 0.0784. The first kappa shape index (κ1) is 22.9. The number of benzene rings is 2. The first-order valence-corrected chi connectivity index (χ1v) is 11.1. The molecule has 1 aliphatic heterocycles. The Labute approximate surface area is 179 Å². The van der Waals surface area contributed by atoms with Crippen molar-refractivity contribution in [1.29, 1.82) is 0 Å². The highest BCUT2D eigenvalue weighted by Crippen LogP contribution is 2.30. The van der Waals surface area contributed by atoms with Gasteiger partial charge in [0.2, 0.25) is 10.0 Å². The molecule has 0 radical (unpaired) electrons. The second-order valence-electron chi connectivity index (χ2n) is 6.94. The highest BCUT2D eigenvalue weighted by Gasteiger charge is 2.31. The minimum Gasteiger partial charge on any atom is -0.284 e. The van der Waals surface area contributed by atoms with Crippen LogP contribution >= 0.6 is 0 Å². The predicted molar refractivity (Wildman–Crippen MR) is 113 cm³/mol. The van der Waals surface area contributed by atoms with E-state index in [0.29, 0.717) is 19.0 Å². The summed E-state index contributed by atoms with van der Waals surface area (Å²) in [6.07, 6.45) is 1.54. The summed E-state index contributed by atoms with van der Waals surface area (Å²) in [4.78, 5) is -0.412. The summed E-state index contributed by atoms with van der Waals surface area (Å²) < 4.78 is 65.1. The number of hydrogen-bond donors (Lipinski definition) is 3. The lowest BCUT2D eigenvalue weighted by molar-refractivity contribution is -0.137. The third kappa shape index (κ3) is 6.33. The smallest absolute Gasteiger partial charge is 0.284 e. The van der Waals surface area contributed by atoms with E-state index in [1.165, 1.54) is 0 Å². The summed E-state index contributed by atoms with van der Waals surface area (Å²) in [5, 5.41) is 1.66. The molecule has 0 bridgehead atoms. The number of rotatable bonds is 8.